The Hall–Kier alpha value is -1.05. The van der Waals surface area contributed by atoms with Gasteiger partial charge in [0.15, 0.2) is 0 Å². The molecule has 0 saturated heterocycles. The topological polar surface area (TPSA) is 9.23 Å². The van der Waals surface area contributed by atoms with Crippen LogP contribution in [0.3, 0.4) is 0 Å². The van der Waals surface area contributed by atoms with Gasteiger partial charge in [0.25, 0.3) is 0 Å². The van der Waals surface area contributed by atoms with Crippen LogP contribution in [0.4, 0.5) is 4.39 Å². The Morgan fingerprint density at radius 2 is 1.67 bits per heavy atom. The van der Waals surface area contributed by atoms with E-state index in [-0.39, 0.29) is 0 Å². The summed E-state index contributed by atoms with van der Waals surface area (Å²) in [6.07, 6.45) is 4.46. The summed E-state index contributed by atoms with van der Waals surface area (Å²) in [4.78, 5) is 0. The van der Waals surface area contributed by atoms with E-state index >= 15 is 0 Å². The Bertz CT molecular complexity index is 76.9. The summed E-state index contributed by atoms with van der Waals surface area (Å²) < 4.78 is 14.9. The lowest BCUT2D eigenvalue weighted by Crippen LogP contribution is -1.52. The predicted octanol–water partition coefficient (Wildman–Crippen LogP) is 2.78. The summed E-state index contributed by atoms with van der Waals surface area (Å²) in [5, 5.41) is 0. The van der Waals surface area contributed by atoms with E-state index in [4.69, 9.17) is 0 Å². The van der Waals surface area contributed by atoms with Gasteiger partial charge in [-0.2, -0.15) is 0 Å². The second-order valence-electron chi connectivity index (χ2n) is 0.929. The predicted molar refractivity (Wildman–Crippen MR) is 37.4 cm³/mol. The quantitative estimate of drug-likeness (QED) is 0.522. The summed E-state index contributed by atoms with van der Waals surface area (Å²) >= 11 is 0. The third-order valence-corrected chi connectivity index (χ3v) is 0.318. The second-order valence-corrected chi connectivity index (χ2v) is 0.929. The highest BCUT2D eigenvalue weighted by Gasteiger charge is 1.45. The van der Waals surface area contributed by atoms with Gasteiger partial charge in [-0.1, -0.05) is 19.2 Å². The van der Waals surface area contributed by atoms with E-state index in [9.17, 15) is 4.39 Å². The van der Waals surface area contributed by atoms with Gasteiger partial charge in [-0.15, -0.1) is 0 Å². The lowest BCUT2D eigenvalue weighted by molar-refractivity contribution is 0.406. The number of ether oxygens (including phenoxy) is 1. The standard InChI is InChI=1S/C4H6O.C3H5F/c1-3-5-4-2;1-2-3-4/h3-4H,1-2H2;2-3H,1H3. The molecule has 0 radical (unpaired) electrons. The largest absolute Gasteiger partial charge is 0.474 e. The van der Waals surface area contributed by atoms with Gasteiger partial charge in [-0.25, -0.2) is 4.39 Å². The van der Waals surface area contributed by atoms with Crippen molar-refractivity contribution in [2.24, 2.45) is 0 Å². The van der Waals surface area contributed by atoms with Crippen LogP contribution < -0.4 is 0 Å². The van der Waals surface area contributed by atoms with Crippen LogP contribution in [0.5, 0.6) is 0 Å². The van der Waals surface area contributed by atoms with Gasteiger partial charge < -0.3 is 4.74 Å². The number of rotatable bonds is 2. The normalized spacial score (nSPS) is 7.33. The molecule has 0 aromatic carbocycles. The lowest BCUT2D eigenvalue weighted by Gasteiger charge is -1.76. The SMILES string of the molecule is C=COC=C.CC=CF. The molecule has 0 amide bonds. The minimum Gasteiger partial charge on any atom is -0.474 e. The van der Waals surface area contributed by atoms with Crippen molar-refractivity contribution in [1.29, 1.82) is 0 Å². The second kappa shape index (κ2) is 15.8. The molecule has 9 heavy (non-hydrogen) atoms. The third kappa shape index (κ3) is 44.8. The third-order valence-electron chi connectivity index (χ3n) is 0.318. The highest BCUT2D eigenvalue weighted by atomic mass is 19.1. The van der Waals surface area contributed by atoms with Gasteiger partial charge in [-0.3, -0.25) is 0 Å². The fourth-order valence-electron chi connectivity index (χ4n) is 0.0680. The first-order chi connectivity index (χ1) is 4.33. The summed E-state index contributed by atoms with van der Waals surface area (Å²) in [7, 11) is 0. The molecular formula is C7H11FO. The lowest BCUT2D eigenvalue weighted by atomic mass is 10.8. The van der Waals surface area contributed by atoms with Crippen LogP contribution >= 0.6 is 0 Å². The zero-order valence-corrected chi connectivity index (χ0v) is 5.51. The van der Waals surface area contributed by atoms with Crippen molar-refractivity contribution < 1.29 is 9.13 Å². The molecule has 0 aliphatic rings. The van der Waals surface area contributed by atoms with Crippen molar-refractivity contribution >= 4 is 0 Å². The molecule has 0 bridgehead atoms. The van der Waals surface area contributed by atoms with Crippen molar-refractivity contribution in [3.05, 3.63) is 38.1 Å². The van der Waals surface area contributed by atoms with Crippen molar-refractivity contribution in [2.45, 2.75) is 6.92 Å². The molecule has 0 rings (SSSR count). The summed E-state index contributed by atoms with van der Waals surface area (Å²) in [5.41, 5.74) is 0. The molecule has 2 heteroatoms. The van der Waals surface area contributed by atoms with E-state index in [0.29, 0.717) is 6.33 Å². The first-order valence-electron chi connectivity index (χ1n) is 2.42. The van der Waals surface area contributed by atoms with Crippen LogP contribution in [0.15, 0.2) is 38.1 Å². The fraction of sp³-hybridized carbons (Fsp3) is 0.143. The average Bonchev–Trinajstić information content (AvgIpc) is 1.91. The van der Waals surface area contributed by atoms with Gasteiger partial charge in [-0.05, 0) is 6.92 Å². The Balaban J connectivity index is 0. The Labute approximate surface area is 55.1 Å². The van der Waals surface area contributed by atoms with Crippen LogP contribution in [-0.2, 0) is 4.74 Å². The molecule has 0 fully saturated rings. The van der Waals surface area contributed by atoms with Crippen LogP contribution in [0.25, 0.3) is 0 Å². The van der Waals surface area contributed by atoms with Crippen LogP contribution in [0.1, 0.15) is 6.92 Å². The highest BCUT2D eigenvalue weighted by molar-refractivity contribution is 4.61. The number of allylic oxidation sites excluding steroid dienone is 1. The summed E-state index contributed by atoms with van der Waals surface area (Å²) in [6, 6.07) is 0. The zero-order chi connectivity index (χ0) is 7.54. The average molecular weight is 130 g/mol. The zero-order valence-electron chi connectivity index (χ0n) is 5.51. The molecule has 0 saturated carbocycles. The smallest absolute Gasteiger partial charge is 0.0829 e. The van der Waals surface area contributed by atoms with Crippen LogP contribution in [-0.4, -0.2) is 0 Å². The summed E-state index contributed by atoms with van der Waals surface area (Å²) in [5.74, 6) is 0. The molecule has 0 atom stereocenters. The number of halogens is 1. The van der Waals surface area contributed by atoms with Crippen molar-refractivity contribution in [3.63, 3.8) is 0 Å². The maximum atomic E-state index is 10.5. The molecule has 0 N–H and O–H groups in total. The van der Waals surface area contributed by atoms with Crippen LogP contribution in [0.2, 0.25) is 0 Å². The van der Waals surface area contributed by atoms with Crippen molar-refractivity contribution in [1.82, 2.24) is 0 Å². The molecule has 1 nitrogen and oxygen atoms in total. The van der Waals surface area contributed by atoms with Crippen molar-refractivity contribution in [2.75, 3.05) is 0 Å². The van der Waals surface area contributed by atoms with E-state index in [1.54, 1.807) is 6.92 Å². The molecule has 0 aliphatic heterocycles. The molecule has 0 heterocycles. The molecule has 0 aromatic heterocycles. The van der Waals surface area contributed by atoms with Gasteiger partial charge in [0.05, 0.1) is 18.9 Å². The molecule has 0 spiro atoms. The molecular weight excluding hydrogens is 119 g/mol. The number of hydrogen-bond donors (Lipinski definition) is 0. The van der Waals surface area contributed by atoms with E-state index in [2.05, 4.69) is 17.9 Å². The maximum absolute atomic E-state index is 10.5. The van der Waals surface area contributed by atoms with Gasteiger partial charge in [0.1, 0.15) is 0 Å². The molecule has 52 valence electrons. The minimum atomic E-state index is 0.500. The first kappa shape index (κ1) is 10.8. The van der Waals surface area contributed by atoms with Gasteiger partial charge in [0.2, 0.25) is 0 Å². The van der Waals surface area contributed by atoms with E-state index in [1.807, 2.05) is 0 Å². The minimum absolute atomic E-state index is 0.500. The first-order valence-corrected chi connectivity index (χ1v) is 2.42. The Morgan fingerprint density at radius 3 is 1.67 bits per heavy atom. The fourth-order valence-corrected chi connectivity index (χ4v) is 0.0680. The van der Waals surface area contributed by atoms with Gasteiger partial charge in [0, 0.05) is 0 Å². The van der Waals surface area contributed by atoms with E-state index in [0.717, 1.165) is 0 Å². The monoisotopic (exact) mass is 130 g/mol. The van der Waals surface area contributed by atoms with E-state index in [1.165, 1.54) is 18.6 Å². The molecule has 0 aliphatic carbocycles. The number of hydrogen-bond acceptors (Lipinski definition) is 1. The van der Waals surface area contributed by atoms with Gasteiger partial charge >= 0.3 is 0 Å². The highest BCUT2D eigenvalue weighted by Crippen LogP contribution is 1.65. The van der Waals surface area contributed by atoms with Crippen molar-refractivity contribution in [3.8, 4) is 0 Å². The Kier molecular flexibility index (Phi) is 19.0. The van der Waals surface area contributed by atoms with Crippen LogP contribution in [0, 0.1) is 0 Å². The van der Waals surface area contributed by atoms with E-state index < -0.39 is 0 Å². The summed E-state index contributed by atoms with van der Waals surface area (Å²) in [6.45, 7) is 8.14. The molecule has 0 unspecified atom stereocenters. The Morgan fingerprint density at radius 1 is 1.33 bits per heavy atom. The molecule has 0 aromatic rings. The maximum Gasteiger partial charge on any atom is 0.0829 e.